The van der Waals surface area contributed by atoms with Crippen molar-refractivity contribution in [1.29, 1.82) is 0 Å². The van der Waals surface area contributed by atoms with Crippen LogP contribution in [0.2, 0.25) is 0 Å². The Hall–Kier alpha value is -2.41. The molecular weight excluding hydrogens is 408 g/mol. The molecule has 2 aromatic carbocycles. The highest BCUT2D eigenvalue weighted by Gasteiger charge is 2.11. The van der Waals surface area contributed by atoms with Crippen LogP contribution < -0.4 is 9.47 Å². The molecular formula is C26H38O6. The molecule has 0 aromatic heterocycles. The Balaban J connectivity index is 0.00000121. The first-order chi connectivity index (χ1) is 15.8. The van der Waals surface area contributed by atoms with E-state index in [9.17, 15) is 4.79 Å². The Morgan fingerprint density at radius 3 is 1.72 bits per heavy atom. The fraction of sp³-hybridized carbons (Fsp3) is 0.500. The SMILES string of the molecule is CC.CC.O=C(Cc1ccc2c(c1)OCCOCCOCCOCCO2)c1ccccc1. The number of hydrogen-bond donors (Lipinski definition) is 0. The second-order valence-electron chi connectivity index (χ2n) is 6.28. The molecule has 0 bridgehead atoms. The zero-order valence-electron chi connectivity index (χ0n) is 19.9. The zero-order chi connectivity index (χ0) is 23.4. The normalized spacial score (nSPS) is 14.9. The highest BCUT2D eigenvalue weighted by atomic mass is 16.6. The van der Waals surface area contributed by atoms with Crippen LogP contribution in [-0.2, 0) is 20.6 Å². The fourth-order valence-electron chi connectivity index (χ4n) is 2.77. The molecule has 3 rings (SSSR count). The first-order valence-electron chi connectivity index (χ1n) is 11.5. The molecule has 6 nitrogen and oxygen atoms in total. The Morgan fingerprint density at radius 1 is 0.656 bits per heavy atom. The summed E-state index contributed by atoms with van der Waals surface area (Å²) < 4.78 is 28.0. The number of benzene rings is 2. The summed E-state index contributed by atoms with van der Waals surface area (Å²) in [5.41, 5.74) is 1.57. The molecule has 0 radical (unpaired) electrons. The molecule has 0 unspecified atom stereocenters. The number of Topliss-reactive ketones (excluding diaryl/α,β-unsaturated/α-hetero) is 1. The van der Waals surface area contributed by atoms with Crippen molar-refractivity contribution in [3.8, 4) is 11.5 Å². The van der Waals surface area contributed by atoms with Gasteiger partial charge >= 0.3 is 0 Å². The van der Waals surface area contributed by atoms with Crippen LogP contribution in [0.4, 0.5) is 0 Å². The minimum absolute atomic E-state index is 0.0651. The molecule has 0 saturated carbocycles. The van der Waals surface area contributed by atoms with Gasteiger partial charge in [0.1, 0.15) is 13.2 Å². The van der Waals surface area contributed by atoms with E-state index in [1.165, 1.54) is 0 Å². The second-order valence-corrected chi connectivity index (χ2v) is 6.28. The van der Waals surface area contributed by atoms with Crippen molar-refractivity contribution < 1.29 is 28.5 Å². The van der Waals surface area contributed by atoms with Gasteiger partial charge in [-0.05, 0) is 17.7 Å². The topological polar surface area (TPSA) is 63.2 Å². The molecule has 0 atom stereocenters. The van der Waals surface area contributed by atoms with E-state index in [4.69, 9.17) is 23.7 Å². The van der Waals surface area contributed by atoms with Gasteiger partial charge in [-0.2, -0.15) is 0 Å². The zero-order valence-corrected chi connectivity index (χ0v) is 19.9. The van der Waals surface area contributed by atoms with Gasteiger partial charge in [0, 0.05) is 12.0 Å². The maximum atomic E-state index is 12.5. The van der Waals surface area contributed by atoms with Gasteiger partial charge in [-0.1, -0.05) is 64.1 Å². The molecule has 6 heteroatoms. The molecule has 0 N–H and O–H groups in total. The summed E-state index contributed by atoms with van der Waals surface area (Å²) in [6.45, 7) is 11.8. The molecule has 32 heavy (non-hydrogen) atoms. The second kappa shape index (κ2) is 18.2. The van der Waals surface area contributed by atoms with Crippen LogP contribution in [0.3, 0.4) is 0 Å². The summed E-state index contributed by atoms with van der Waals surface area (Å²) in [4.78, 5) is 12.5. The summed E-state index contributed by atoms with van der Waals surface area (Å²) >= 11 is 0. The van der Waals surface area contributed by atoms with Crippen molar-refractivity contribution in [1.82, 2.24) is 0 Å². The van der Waals surface area contributed by atoms with E-state index >= 15 is 0 Å². The maximum Gasteiger partial charge on any atom is 0.167 e. The van der Waals surface area contributed by atoms with Crippen LogP contribution in [0.15, 0.2) is 48.5 Å². The third-order valence-corrected chi connectivity index (χ3v) is 4.18. The average molecular weight is 447 g/mol. The van der Waals surface area contributed by atoms with Gasteiger partial charge in [-0.15, -0.1) is 0 Å². The molecule has 0 aliphatic carbocycles. The lowest BCUT2D eigenvalue weighted by molar-refractivity contribution is 0.00708. The van der Waals surface area contributed by atoms with Crippen molar-refractivity contribution >= 4 is 5.78 Å². The van der Waals surface area contributed by atoms with E-state index < -0.39 is 0 Å². The first kappa shape index (κ1) is 27.6. The van der Waals surface area contributed by atoms with Crippen molar-refractivity contribution in [3.05, 3.63) is 59.7 Å². The summed E-state index contributed by atoms with van der Waals surface area (Å²) in [7, 11) is 0. The Morgan fingerprint density at radius 2 is 1.16 bits per heavy atom. The summed E-state index contributed by atoms with van der Waals surface area (Å²) in [5.74, 6) is 1.30. The summed E-state index contributed by atoms with van der Waals surface area (Å²) in [6, 6.07) is 14.9. The fourth-order valence-corrected chi connectivity index (χ4v) is 2.77. The Labute approximate surface area is 192 Å². The highest BCUT2D eigenvalue weighted by Crippen LogP contribution is 2.29. The predicted molar refractivity (Wildman–Crippen MR) is 127 cm³/mol. The van der Waals surface area contributed by atoms with Gasteiger partial charge in [-0.25, -0.2) is 0 Å². The van der Waals surface area contributed by atoms with Gasteiger partial charge in [0.2, 0.25) is 0 Å². The Kier molecular flexibility index (Phi) is 15.7. The minimum Gasteiger partial charge on any atom is -0.487 e. The van der Waals surface area contributed by atoms with E-state index in [1.807, 2.05) is 76.2 Å². The number of hydrogen-bond acceptors (Lipinski definition) is 6. The van der Waals surface area contributed by atoms with Crippen LogP contribution in [0.1, 0.15) is 43.6 Å². The van der Waals surface area contributed by atoms with Crippen molar-refractivity contribution in [3.63, 3.8) is 0 Å². The lowest BCUT2D eigenvalue weighted by Gasteiger charge is -2.14. The molecule has 2 aromatic rings. The maximum absolute atomic E-state index is 12.5. The molecule has 0 spiro atoms. The van der Waals surface area contributed by atoms with Crippen LogP contribution in [0, 0.1) is 0 Å². The van der Waals surface area contributed by atoms with Crippen LogP contribution in [-0.4, -0.2) is 58.6 Å². The van der Waals surface area contributed by atoms with E-state index in [0.29, 0.717) is 76.3 Å². The number of fused-ring (bicyclic) bond motifs is 1. The number of carbonyl (C=O) groups excluding carboxylic acids is 1. The third-order valence-electron chi connectivity index (χ3n) is 4.18. The highest BCUT2D eigenvalue weighted by molar-refractivity contribution is 5.97. The number of carbonyl (C=O) groups is 1. The van der Waals surface area contributed by atoms with Gasteiger partial charge in [0.15, 0.2) is 17.3 Å². The van der Waals surface area contributed by atoms with E-state index in [0.717, 1.165) is 5.56 Å². The van der Waals surface area contributed by atoms with Crippen molar-refractivity contribution in [2.75, 3.05) is 52.9 Å². The molecule has 1 aliphatic heterocycles. The van der Waals surface area contributed by atoms with Gasteiger partial charge < -0.3 is 23.7 Å². The lowest BCUT2D eigenvalue weighted by Crippen LogP contribution is -2.13. The van der Waals surface area contributed by atoms with Crippen LogP contribution >= 0.6 is 0 Å². The van der Waals surface area contributed by atoms with Crippen LogP contribution in [0.25, 0.3) is 0 Å². The first-order valence-corrected chi connectivity index (χ1v) is 11.5. The van der Waals surface area contributed by atoms with Crippen LogP contribution in [0.5, 0.6) is 11.5 Å². The van der Waals surface area contributed by atoms with Gasteiger partial charge in [0.05, 0.1) is 39.6 Å². The Bertz CT molecular complexity index is 732. The number of ketones is 1. The minimum atomic E-state index is 0.0651. The predicted octanol–water partition coefficient (Wildman–Crippen LogP) is 4.99. The van der Waals surface area contributed by atoms with Gasteiger partial charge in [0.25, 0.3) is 0 Å². The number of ether oxygens (including phenoxy) is 5. The molecule has 0 saturated heterocycles. The van der Waals surface area contributed by atoms with E-state index in [2.05, 4.69) is 0 Å². The van der Waals surface area contributed by atoms with E-state index in [1.54, 1.807) is 0 Å². The van der Waals surface area contributed by atoms with Crippen molar-refractivity contribution in [2.45, 2.75) is 34.1 Å². The molecule has 0 fully saturated rings. The summed E-state index contributed by atoms with van der Waals surface area (Å²) in [5, 5.41) is 0. The van der Waals surface area contributed by atoms with Crippen molar-refractivity contribution in [2.24, 2.45) is 0 Å². The third kappa shape index (κ3) is 10.8. The standard InChI is InChI=1S/C22H26O6.2C2H6/c23-20(19-4-2-1-3-5-19)16-18-6-7-21-22(17-18)28-15-13-26-11-9-24-8-10-25-12-14-27-21;2*1-2/h1-7,17H,8-16H2;2*1-2H3. The number of rotatable bonds is 3. The summed E-state index contributed by atoms with van der Waals surface area (Å²) in [6.07, 6.45) is 0.303. The lowest BCUT2D eigenvalue weighted by atomic mass is 10.0. The molecule has 1 heterocycles. The van der Waals surface area contributed by atoms with Gasteiger partial charge in [-0.3, -0.25) is 4.79 Å². The molecule has 178 valence electrons. The largest absolute Gasteiger partial charge is 0.487 e. The monoisotopic (exact) mass is 446 g/mol. The molecule has 0 amide bonds. The quantitative estimate of drug-likeness (QED) is 0.619. The average Bonchev–Trinajstić information content (AvgIpc) is 2.86. The van der Waals surface area contributed by atoms with E-state index in [-0.39, 0.29) is 5.78 Å². The molecule has 1 aliphatic rings. The smallest absolute Gasteiger partial charge is 0.167 e.